The molecule has 86 valence electrons. The number of hydrogen-bond acceptors (Lipinski definition) is 4. The lowest BCUT2D eigenvalue weighted by Gasteiger charge is -2.28. The van der Waals surface area contributed by atoms with Gasteiger partial charge < -0.3 is 4.90 Å². The van der Waals surface area contributed by atoms with Crippen LogP contribution in [0.15, 0.2) is 6.07 Å². The van der Waals surface area contributed by atoms with Crippen molar-refractivity contribution < 1.29 is 0 Å². The third kappa shape index (κ3) is 2.69. The topological polar surface area (TPSA) is 52.8 Å². The normalized spacial score (nSPS) is 12.3. The lowest BCUT2D eigenvalue weighted by Crippen LogP contribution is -2.34. The van der Waals surface area contributed by atoms with E-state index in [0.717, 1.165) is 5.69 Å². The van der Waals surface area contributed by atoms with Crippen molar-refractivity contribution in [3.8, 4) is 6.07 Å². The molecule has 0 saturated carbocycles. The van der Waals surface area contributed by atoms with E-state index in [-0.39, 0.29) is 0 Å². The molecule has 0 aliphatic heterocycles. The van der Waals surface area contributed by atoms with E-state index in [9.17, 15) is 0 Å². The lowest BCUT2D eigenvalue weighted by molar-refractivity contribution is 0.499. The van der Waals surface area contributed by atoms with E-state index in [1.165, 1.54) is 0 Å². The molecule has 4 nitrogen and oxygen atoms in total. The minimum absolute atomic E-state index is 0.341. The van der Waals surface area contributed by atoms with Gasteiger partial charge >= 0.3 is 0 Å². The molecule has 0 N–H and O–H groups in total. The maximum atomic E-state index is 8.86. The van der Waals surface area contributed by atoms with Gasteiger partial charge in [0.25, 0.3) is 0 Å². The molecule has 1 heterocycles. The summed E-state index contributed by atoms with van der Waals surface area (Å²) >= 11 is 0. The zero-order valence-corrected chi connectivity index (χ0v) is 10.5. The maximum absolute atomic E-state index is 8.86. The SMILES string of the molecule is Cc1cc(C#N)nc(N(C)C(C)C(C)C)n1. The predicted molar refractivity (Wildman–Crippen MR) is 64.2 cm³/mol. The van der Waals surface area contributed by atoms with E-state index in [1.54, 1.807) is 6.07 Å². The van der Waals surface area contributed by atoms with Crippen LogP contribution in [0.3, 0.4) is 0 Å². The van der Waals surface area contributed by atoms with Crippen molar-refractivity contribution in [3.05, 3.63) is 17.5 Å². The molecule has 1 aromatic rings. The Morgan fingerprint density at radius 1 is 1.31 bits per heavy atom. The van der Waals surface area contributed by atoms with Crippen molar-refractivity contribution in [2.45, 2.75) is 33.7 Å². The van der Waals surface area contributed by atoms with E-state index in [1.807, 2.05) is 18.9 Å². The van der Waals surface area contributed by atoms with Crippen LogP contribution in [0, 0.1) is 24.2 Å². The first-order valence-corrected chi connectivity index (χ1v) is 5.44. The van der Waals surface area contributed by atoms with Gasteiger partial charge in [-0.3, -0.25) is 0 Å². The number of aryl methyl sites for hydroxylation is 1. The van der Waals surface area contributed by atoms with Gasteiger partial charge in [-0.05, 0) is 25.8 Å². The average Bonchev–Trinajstić information content (AvgIpc) is 2.25. The monoisotopic (exact) mass is 218 g/mol. The van der Waals surface area contributed by atoms with Crippen LogP contribution in [0.5, 0.6) is 0 Å². The van der Waals surface area contributed by atoms with Crippen LogP contribution in [-0.2, 0) is 0 Å². The molecule has 0 aliphatic carbocycles. The van der Waals surface area contributed by atoms with Crippen LogP contribution in [0.4, 0.5) is 5.95 Å². The second kappa shape index (κ2) is 4.93. The minimum atomic E-state index is 0.341. The quantitative estimate of drug-likeness (QED) is 0.780. The molecular formula is C12H18N4. The Labute approximate surface area is 96.9 Å². The summed E-state index contributed by atoms with van der Waals surface area (Å²) < 4.78 is 0. The lowest BCUT2D eigenvalue weighted by atomic mass is 10.1. The Morgan fingerprint density at radius 3 is 2.44 bits per heavy atom. The van der Waals surface area contributed by atoms with Gasteiger partial charge in [0, 0.05) is 18.8 Å². The molecule has 0 saturated heterocycles. The molecule has 0 amide bonds. The summed E-state index contributed by atoms with van der Waals surface area (Å²) in [6.45, 7) is 8.31. The van der Waals surface area contributed by atoms with Crippen LogP contribution in [0.1, 0.15) is 32.2 Å². The molecule has 0 radical (unpaired) electrons. The summed E-state index contributed by atoms with van der Waals surface area (Å²) in [6.07, 6.45) is 0. The Hall–Kier alpha value is -1.63. The van der Waals surface area contributed by atoms with Gasteiger partial charge in [-0.1, -0.05) is 13.8 Å². The minimum Gasteiger partial charge on any atom is -0.341 e. The Balaban J connectivity index is 3.04. The van der Waals surface area contributed by atoms with Gasteiger partial charge in [-0.2, -0.15) is 5.26 Å². The van der Waals surface area contributed by atoms with Gasteiger partial charge in [-0.25, -0.2) is 9.97 Å². The molecule has 1 aromatic heterocycles. The summed E-state index contributed by atoms with van der Waals surface area (Å²) in [5, 5.41) is 8.86. The van der Waals surface area contributed by atoms with Gasteiger partial charge in [0.2, 0.25) is 5.95 Å². The van der Waals surface area contributed by atoms with Crippen molar-refractivity contribution in [3.63, 3.8) is 0 Å². The number of anilines is 1. The second-order valence-corrected chi connectivity index (χ2v) is 4.40. The Bertz CT molecular complexity index is 406. The summed E-state index contributed by atoms with van der Waals surface area (Å²) in [5.74, 6) is 1.14. The number of rotatable bonds is 3. The standard InChI is InChI=1S/C12H18N4/c1-8(2)10(4)16(5)12-14-9(3)6-11(7-13)15-12/h6,8,10H,1-5H3. The molecule has 0 fully saturated rings. The van der Waals surface area contributed by atoms with Gasteiger partial charge in [0.15, 0.2) is 0 Å². The van der Waals surface area contributed by atoms with Gasteiger partial charge in [0.05, 0.1) is 0 Å². The van der Waals surface area contributed by atoms with E-state index >= 15 is 0 Å². The predicted octanol–water partition coefficient (Wildman–Crippen LogP) is 2.14. The molecule has 0 aliphatic rings. The summed E-state index contributed by atoms with van der Waals surface area (Å²) in [6, 6.07) is 4.09. The molecule has 1 unspecified atom stereocenters. The smallest absolute Gasteiger partial charge is 0.226 e. The number of aromatic nitrogens is 2. The van der Waals surface area contributed by atoms with E-state index < -0.39 is 0 Å². The van der Waals surface area contributed by atoms with Crippen LogP contribution in [0.25, 0.3) is 0 Å². The average molecular weight is 218 g/mol. The zero-order chi connectivity index (χ0) is 12.3. The summed E-state index contributed by atoms with van der Waals surface area (Å²) in [7, 11) is 1.96. The van der Waals surface area contributed by atoms with Crippen LogP contribution in [0.2, 0.25) is 0 Å². The maximum Gasteiger partial charge on any atom is 0.226 e. The number of nitriles is 1. The van der Waals surface area contributed by atoms with E-state index in [0.29, 0.717) is 23.6 Å². The fraction of sp³-hybridized carbons (Fsp3) is 0.583. The molecule has 0 bridgehead atoms. The molecule has 4 heteroatoms. The first kappa shape index (κ1) is 12.4. The van der Waals surface area contributed by atoms with Crippen molar-refractivity contribution >= 4 is 5.95 Å². The summed E-state index contributed by atoms with van der Waals surface area (Å²) in [5.41, 5.74) is 1.25. The van der Waals surface area contributed by atoms with Gasteiger partial charge in [-0.15, -0.1) is 0 Å². The van der Waals surface area contributed by atoms with Crippen molar-refractivity contribution in [1.29, 1.82) is 5.26 Å². The Kier molecular flexibility index (Phi) is 3.83. The highest BCUT2D eigenvalue weighted by Crippen LogP contribution is 2.15. The first-order chi connectivity index (χ1) is 7.45. The molecule has 0 aromatic carbocycles. The number of nitrogens with zero attached hydrogens (tertiary/aromatic N) is 4. The highest BCUT2D eigenvalue weighted by atomic mass is 15.3. The van der Waals surface area contributed by atoms with E-state index in [4.69, 9.17) is 5.26 Å². The second-order valence-electron chi connectivity index (χ2n) is 4.40. The van der Waals surface area contributed by atoms with E-state index in [2.05, 4.69) is 36.8 Å². The fourth-order valence-corrected chi connectivity index (χ4v) is 1.40. The van der Waals surface area contributed by atoms with Crippen LogP contribution < -0.4 is 4.90 Å². The van der Waals surface area contributed by atoms with Crippen molar-refractivity contribution in [2.24, 2.45) is 5.92 Å². The fourth-order valence-electron chi connectivity index (χ4n) is 1.40. The van der Waals surface area contributed by atoms with Crippen LogP contribution in [-0.4, -0.2) is 23.1 Å². The van der Waals surface area contributed by atoms with Crippen molar-refractivity contribution in [2.75, 3.05) is 11.9 Å². The first-order valence-electron chi connectivity index (χ1n) is 5.44. The van der Waals surface area contributed by atoms with Crippen LogP contribution >= 0.6 is 0 Å². The molecule has 1 rings (SSSR count). The highest BCUT2D eigenvalue weighted by molar-refractivity contribution is 5.36. The molecule has 0 spiro atoms. The third-order valence-corrected chi connectivity index (χ3v) is 2.85. The van der Waals surface area contributed by atoms with Gasteiger partial charge in [0.1, 0.15) is 11.8 Å². The summed E-state index contributed by atoms with van der Waals surface area (Å²) in [4.78, 5) is 10.6. The molecular weight excluding hydrogens is 200 g/mol. The zero-order valence-electron chi connectivity index (χ0n) is 10.5. The molecule has 1 atom stereocenters. The molecule has 16 heavy (non-hydrogen) atoms. The third-order valence-electron chi connectivity index (χ3n) is 2.85. The number of hydrogen-bond donors (Lipinski definition) is 0. The largest absolute Gasteiger partial charge is 0.341 e. The van der Waals surface area contributed by atoms with Crippen molar-refractivity contribution in [1.82, 2.24) is 9.97 Å². The highest BCUT2D eigenvalue weighted by Gasteiger charge is 2.16. The Morgan fingerprint density at radius 2 is 1.94 bits per heavy atom.